The van der Waals surface area contributed by atoms with Crippen LogP contribution in [0.25, 0.3) is 10.8 Å². The van der Waals surface area contributed by atoms with Crippen molar-refractivity contribution < 1.29 is 9.84 Å². The van der Waals surface area contributed by atoms with Gasteiger partial charge in [0.2, 0.25) is 0 Å². The Morgan fingerprint density at radius 1 is 1.11 bits per heavy atom. The largest absolute Gasteiger partial charge is 0.507 e. The predicted molar refractivity (Wildman–Crippen MR) is 76.1 cm³/mol. The summed E-state index contributed by atoms with van der Waals surface area (Å²) in [5, 5.41) is 12.1. The first-order valence-electron chi connectivity index (χ1n) is 6.55. The van der Waals surface area contributed by atoms with Crippen LogP contribution in [0.5, 0.6) is 5.75 Å². The number of nitrogens with zero attached hydrogens (tertiary/aromatic N) is 1. The van der Waals surface area contributed by atoms with Gasteiger partial charge in [0, 0.05) is 41.7 Å². The van der Waals surface area contributed by atoms with E-state index in [1.807, 2.05) is 30.3 Å². The number of aromatic hydroxyl groups is 1. The molecule has 100 valence electrons. The lowest BCUT2D eigenvalue weighted by Gasteiger charge is -2.27. The minimum Gasteiger partial charge on any atom is -0.507 e. The summed E-state index contributed by atoms with van der Waals surface area (Å²) in [5.41, 5.74) is 7.57. The summed E-state index contributed by atoms with van der Waals surface area (Å²) in [6.07, 6.45) is 0. The van der Waals surface area contributed by atoms with E-state index in [2.05, 4.69) is 4.90 Å². The first-order chi connectivity index (χ1) is 9.25. The molecule has 0 unspecified atom stereocenters. The van der Waals surface area contributed by atoms with Gasteiger partial charge in [-0.15, -0.1) is 0 Å². The highest BCUT2D eigenvalue weighted by Crippen LogP contribution is 2.32. The minimum atomic E-state index is 0.344. The Hall–Kier alpha value is -1.78. The highest BCUT2D eigenvalue weighted by Gasteiger charge is 2.14. The molecule has 1 fully saturated rings. The normalized spacial score (nSPS) is 16.8. The van der Waals surface area contributed by atoms with Crippen LogP contribution in [0.2, 0.25) is 0 Å². The fourth-order valence-electron chi connectivity index (χ4n) is 2.54. The van der Waals surface area contributed by atoms with Crippen molar-refractivity contribution in [3.8, 4) is 5.75 Å². The quantitative estimate of drug-likeness (QED) is 0.808. The van der Waals surface area contributed by atoms with Gasteiger partial charge in [-0.2, -0.15) is 0 Å². The maximum Gasteiger partial charge on any atom is 0.127 e. The molecule has 19 heavy (non-hydrogen) atoms. The number of rotatable bonds is 2. The van der Waals surface area contributed by atoms with Crippen LogP contribution in [-0.4, -0.2) is 36.3 Å². The Morgan fingerprint density at radius 2 is 1.89 bits per heavy atom. The Morgan fingerprint density at radius 3 is 2.68 bits per heavy atom. The number of fused-ring (bicyclic) bond motifs is 1. The molecule has 4 heteroatoms. The third-order valence-electron chi connectivity index (χ3n) is 3.65. The van der Waals surface area contributed by atoms with Crippen molar-refractivity contribution in [3.05, 3.63) is 35.9 Å². The Bertz CT molecular complexity index is 592. The van der Waals surface area contributed by atoms with Crippen LogP contribution in [0.1, 0.15) is 5.56 Å². The van der Waals surface area contributed by atoms with Crippen LogP contribution in [-0.2, 0) is 11.3 Å². The van der Waals surface area contributed by atoms with E-state index in [1.165, 1.54) is 0 Å². The highest BCUT2D eigenvalue weighted by atomic mass is 16.5. The molecule has 3 N–H and O–H groups in total. The van der Waals surface area contributed by atoms with Crippen molar-refractivity contribution in [1.82, 2.24) is 4.90 Å². The number of hydrogen-bond donors (Lipinski definition) is 2. The standard InChI is InChI=1S/C15H18N2O2/c16-14-3-1-2-13-12(14)5-4-11(15(13)18)10-17-6-8-19-9-7-17/h1-5,18H,6-10,16H2. The molecule has 1 saturated heterocycles. The summed E-state index contributed by atoms with van der Waals surface area (Å²) < 4.78 is 5.33. The second-order valence-electron chi connectivity index (χ2n) is 4.90. The van der Waals surface area contributed by atoms with Crippen molar-refractivity contribution in [2.45, 2.75) is 6.54 Å². The Balaban J connectivity index is 1.93. The van der Waals surface area contributed by atoms with Crippen LogP contribution in [0.3, 0.4) is 0 Å². The van der Waals surface area contributed by atoms with Crippen molar-refractivity contribution in [3.63, 3.8) is 0 Å². The van der Waals surface area contributed by atoms with Crippen molar-refractivity contribution in [2.24, 2.45) is 0 Å². The smallest absolute Gasteiger partial charge is 0.127 e. The van der Waals surface area contributed by atoms with Crippen LogP contribution in [0.15, 0.2) is 30.3 Å². The van der Waals surface area contributed by atoms with Crippen LogP contribution >= 0.6 is 0 Å². The molecule has 2 aromatic rings. The van der Waals surface area contributed by atoms with E-state index in [0.717, 1.165) is 49.2 Å². The van der Waals surface area contributed by atoms with Crippen molar-refractivity contribution in [1.29, 1.82) is 0 Å². The van der Waals surface area contributed by atoms with Gasteiger partial charge in [-0.05, 0) is 6.07 Å². The van der Waals surface area contributed by atoms with Crippen LogP contribution in [0, 0.1) is 0 Å². The van der Waals surface area contributed by atoms with Gasteiger partial charge >= 0.3 is 0 Å². The van der Waals surface area contributed by atoms with Gasteiger partial charge in [-0.25, -0.2) is 0 Å². The van der Waals surface area contributed by atoms with Gasteiger partial charge in [-0.1, -0.05) is 24.3 Å². The Labute approximate surface area is 112 Å². The second-order valence-corrected chi connectivity index (χ2v) is 4.90. The average Bonchev–Trinajstić information content (AvgIpc) is 2.44. The number of morpholine rings is 1. The molecule has 0 aliphatic carbocycles. The molecule has 1 aliphatic heterocycles. The van der Waals surface area contributed by atoms with Crippen LogP contribution < -0.4 is 5.73 Å². The molecule has 1 aliphatic rings. The van der Waals surface area contributed by atoms with Gasteiger partial charge < -0.3 is 15.6 Å². The maximum absolute atomic E-state index is 10.4. The lowest BCUT2D eigenvalue weighted by molar-refractivity contribution is 0.0339. The molecule has 0 radical (unpaired) electrons. The summed E-state index contributed by atoms with van der Waals surface area (Å²) in [5.74, 6) is 0.344. The fourth-order valence-corrected chi connectivity index (χ4v) is 2.54. The van der Waals surface area contributed by atoms with E-state index < -0.39 is 0 Å². The number of phenolic OH excluding ortho intramolecular Hbond substituents is 1. The van der Waals surface area contributed by atoms with Gasteiger partial charge in [0.15, 0.2) is 0 Å². The van der Waals surface area contributed by atoms with Gasteiger partial charge in [-0.3, -0.25) is 4.90 Å². The molecule has 1 heterocycles. The third-order valence-corrected chi connectivity index (χ3v) is 3.65. The molecular formula is C15H18N2O2. The average molecular weight is 258 g/mol. The summed E-state index contributed by atoms with van der Waals surface area (Å²) in [7, 11) is 0. The van der Waals surface area contributed by atoms with Crippen LogP contribution in [0.4, 0.5) is 5.69 Å². The second kappa shape index (κ2) is 5.07. The number of anilines is 1. The number of phenols is 1. The third kappa shape index (κ3) is 2.37. The number of hydrogen-bond acceptors (Lipinski definition) is 4. The lowest BCUT2D eigenvalue weighted by Crippen LogP contribution is -2.35. The number of benzene rings is 2. The monoisotopic (exact) mass is 258 g/mol. The van der Waals surface area contributed by atoms with E-state index in [4.69, 9.17) is 10.5 Å². The molecule has 0 aromatic heterocycles. The molecule has 0 spiro atoms. The Kier molecular flexibility index (Phi) is 3.27. The summed E-state index contributed by atoms with van der Waals surface area (Å²) in [6, 6.07) is 9.58. The number of nitrogens with two attached hydrogens (primary N) is 1. The SMILES string of the molecule is Nc1cccc2c(O)c(CN3CCOCC3)ccc12. The topological polar surface area (TPSA) is 58.7 Å². The minimum absolute atomic E-state index is 0.344. The van der Waals surface area contributed by atoms with E-state index in [0.29, 0.717) is 11.4 Å². The summed E-state index contributed by atoms with van der Waals surface area (Å²) in [6.45, 7) is 4.10. The zero-order chi connectivity index (χ0) is 13.2. The van der Waals surface area contributed by atoms with E-state index in [-0.39, 0.29) is 0 Å². The molecule has 0 amide bonds. The summed E-state index contributed by atoms with van der Waals surface area (Å²) in [4.78, 5) is 2.29. The molecule has 0 atom stereocenters. The fraction of sp³-hybridized carbons (Fsp3) is 0.333. The molecule has 4 nitrogen and oxygen atoms in total. The molecule has 3 rings (SSSR count). The van der Waals surface area contributed by atoms with Gasteiger partial charge in [0.05, 0.1) is 13.2 Å². The van der Waals surface area contributed by atoms with Crippen molar-refractivity contribution >= 4 is 16.5 Å². The predicted octanol–water partition coefficient (Wildman–Crippen LogP) is 1.96. The van der Waals surface area contributed by atoms with Gasteiger partial charge in [0.25, 0.3) is 0 Å². The number of ether oxygens (including phenoxy) is 1. The highest BCUT2D eigenvalue weighted by molar-refractivity contribution is 5.97. The van der Waals surface area contributed by atoms with Gasteiger partial charge in [0.1, 0.15) is 5.75 Å². The first kappa shape index (κ1) is 12.3. The zero-order valence-corrected chi connectivity index (χ0v) is 10.8. The zero-order valence-electron chi connectivity index (χ0n) is 10.8. The first-order valence-corrected chi connectivity index (χ1v) is 6.55. The molecule has 2 aromatic carbocycles. The maximum atomic E-state index is 10.4. The van der Waals surface area contributed by atoms with E-state index in [9.17, 15) is 5.11 Å². The molecular weight excluding hydrogens is 240 g/mol. The molecule has 0 bridgehead atoms. The summed E-state index contributed by atoms with van der Waals surface area (Å²) >= 11 is 0. The van der Waals surface area contributed by atoms with Crippen molar-refractivity contribution in [2.75, 3.05) is 32.0 Å². The lowest BCUT2D eigenvalue weighted by atomic mass is 10.0. The van der Waals surface area contributed by atoms with E-state index >= 15 is 0 Å². The van der Waals surface area contributed by atoms with E-state index in [1.54, 1.807) is 0 Å². The number of nitrogen functional groups attached to an aromatic ring is 1. The molecule has 0 saturated carbocycles.